The highest BCUT2D eigenvalue weighted by atomic mass is 16.1. The van der Waals surface area contributed by atoms with Crippen LogP contribution in [-0.4, -0.2) is 43.0 Å². The molecule has 0 bridgehead atoms. The Morgan fingerprint density at radius 1 is 1.22 bits per heavy atom. The first-order valence-electron chi connectivity index (χ1n) is 7.48. The minimum Gasteiger partial charge on any atom is -0.370 e. The molecule has 1 atom stereocenters. The van der Waals surface area contributed by atoms with Gasteiger partial charge < -0.3 is 16.0 Å². The lowest BCUT2D eigenvalue weighted by Crippen LogP contribution is -2.40. The van der Waals surface area contributed by atoms with E-state index in [2.05, 4.69) is 10.2 Å². The largest absolute Gasteiger partial charge is 0.370 e. The zero-order valence-corrected chi connectivity index (χ0v) is 11.4. The fourth-order valence-corrected chi connectivity index (χ4v) is 3.21. The maximum Gasteiger partial charge on any atom is 0.217 e. The maximum atomic E-state index is 10.9. The first-order chi connectivity index (χ1) is 8.74. The van der Waals surface area contributed by atoms with E-state index in [0.717, 1.165) is 32.0 Å². The molecule has 3 N–H and O–H groups in total. The van der Waals surface area contributed by atoms with Gasteiger partial charge in [0, 0.05) is 12.5 Å². The van der Waals surface area contributed by atoms with Crippen molar-refractivity contribution >= 4 is 5.91 Å². The molecule has 0 spiro atoms. The number of primary amides is 1. The predicted octanol–water partition coefficient (Wildman–Crippen LogP) is 1.11. The number of piperidine rings is 2. The highest BCUT2D eigenvalue weighted by Gasteiger charge is 2.21. The van der Waals surface area contributed by atoms with Gasteiger partial charge in [-0.2, -0.15) is 0 Å². The van der Waals surface area contributed by atoms with E-state index in [1.165, 1.54) is 38.8 Å². The van der Waals surface area contributed by atoms with E-state index in [1.807, 2.05) is 0 Å². The number of carbonyl (C=O) groups excluding carboxylic acids is 1. The van der Waals surface area contributed by atoms with Gasteiger partial charge in [0.1, 0.15) is 0 Å². The summed E-state index contributed by atoms with van der Waals surface area (Å²) in [4.78, 5) is 13.4. The average molecular weight is 253 g/mol. The Bertz CT molecular complexity index is 256. The van der Waals surface area contributed by atoms with Crippen molar-refractivity contribution < 1.29 is 4.79 Å². The normalized spacial score (nSPS) is 27.2. The molecule has 0 aromatic rings. The lowest BCUT2D eigenvalue weighted by atomic mass is 9.93. The second-order valence-electron chi connectivity index (χ2n) is 5.89. The Balaban J connectivity index is 1.59. The number of nitrogens with one attached hydrogen (secondary N) is 1. The molecule has 2 fully saturated rings. The summed E-state index contributed by atoms with van der Waals surface area (Å²) in [6.07, 6.45) is 8.21. The number of hydrogen-bond acceptors (Lipinski definition) is 3. The minimum atomic E-state index is -0.139. The van der Waals surface area contributed by atoms with Crippen molar-refractivity contribution in [2.24, 2.45) is 11.7 Å². The van der Waals surface area contributed by atoms with Crippen LogP contribution in [0.4, 0.5) is 0 Å². The molecular weight excluding hydrogens is 226 g/mol. The van der Waals surface area contributed by atoms with E-state index in [0.29, 0.717) is 12.3 Å². The Labute approximate surface area is 110 Å². The van der Waals surface area contributed by atoms with Gasteiger partial charge in [0.2, 0.25) is 5.91 Å². The highest BCUT2D eigenvalue weighted by molar-refractivity contribution is 5.73. The molecule has 2 rings (SSSR count). The number of nitrogens with zero attached hydrogens (tertiary/aromatic N) is 1. The van der Waals surface area contributed by atoms with Gasteiger partial charge in [0.05, 0.1) is 0 Å². The lowest BCUT2D eigenvalue weighted by Gasteiger charge is -2.33. The summed E-state index contributed by atoms with van der Waals surface area (Å²) in [7, 11) is 0. The van der Waals surface area contributed by atoms with Crippen molar-refractivity contribution in [1.82, 2.24) is 10.2 Å². The molecule has 2 heterocycles. The molecule has 0 aliphatic carbocycles. The van der Waals surface area contributed by atoms with Crippen LogP contribution < -0.4 is 11.1 Å². The number of amides is 1. The smallest absolute Gasteiger partial charge is 0.217 e. The van der Waals surface area contributed by atoms with Crippen LogP contribution in [0.15, 0.2) is 0 Å². The topological polar surface area (TPSA) is 58.4 Å². The van der Waals surface area contributed by atoms with Crippen LogP contribution in [-0.2, 0) is 4.79 Å². The van der Waals surface area contributed by atoms with Crippen LogP contribution in [0.1, 0.15) is 44.9 Å². The second-order valence-corrected chi connectivity index (χ2v) is 5.89. The summed E-state index contributed by atoms with van der Waals surface area (Å²) in [6.45, 7) is 4.70. The van der Waals surface area contributed by atoms with Gasteiger partial charge in [-0.25, -0.2) is 0 Å². The number of likely N-dealkylation sites (tertiary alicyclic amines) is 1. The zero-order valence-electron chi connectivity index (χ0n) is 11.4. The molecule has 1 unspecified atom stereocenters. The molecular formula is C14H27N3O. The van der Waals surface area contributed by atoms with Crippen molar-refractivity contribution in [3.8, 4) is 0 Å². The van der Waals surface area contributed by atoms with Gasteiger partial charge >= 0.3 is 0 Å². The molecule has 104 valence electrons. The van der Waals surface area contributed by atoms with Crippen molar-refractivity contribution in [1.29, 1.82) is 0 Å². The molecule has 18 heavy (non-hydrogen) atoms. The summed E-state index contributed by atoms with van der Waals surface area (Å²) in [5.41, 5.74) is 5.25. The van der Waals surface area contributed by atoms with Gasteiger partial charge in [-0.15, -0.1) is 0 Å². The monoisotopic (exact) mass is 253 g/mol. The van der Waals surface area contributed by atoms with E-state index < -0.39 is 0 Å². The van der Waals surface area contributed by atoms with Crippen LogP contribution in [0, 0.1) is 5.92 Å². The predicted molar refractivity (Wildman–Crippen MR) is 73.2 cm³/mol. The summed E-state index contributed by atoms with van der Waals surface area (Å²) in [6, 6.07) is 0.738. The highest BCUT2D eigenvalue weighted by Crippen LogP contribution is 2.20. The van der Waals surface area contributed by atoms with Crippen molar-refractivity contribution in [2.45, 2.75) is 51.0 Å². The maximum absolute atomic E-state index is 10.9. The molecule has 0 radical (unpaired) electrons. The van der Waals surface area contributed by atoms with E-state index >= 15 is 0 Å². The van der Waals surface area contributed by atoms with Gasteiger partial charge in [-0.1, -0.05) is 6.42 Å². The molecule has 0 aromatic heterocycles. The average Bonchev–Trinajstić information content (AvgIpc) is 2.38. The Kier molecular flexibility index (Phi) is 5.45. The number of nitrogens with two attached hydrogens (primary N) is 1. The van der Waals surface area contributed by atoms with Gasteiger partial charge in [-0.3, -0.25) is 4.79 Å². The molecule has 1 amide bonds. The Hall–Kier alpha value is -0.610. The first-order valence-corrected chi connectivity index (χ1v) is 7.48. The third kappa shape index (κ3) is 4.58. The van der Waals surface area contributed by atoms with E-state index in [1.54, 1.807) is 0 Å². The molecule has 2 saturated heterocycles. The van der Waals surface area contributed by atoms with E-state index in [-0.39, 0.29) is 5.91 Å². The van der Waals surface area contributed by atoms with Crippen molar-refractivity contribution in [3.05, 3.63) is 0 Å². The number of rotatable bonds is 5. The molecule has 4 heteroatoms. The van der Waals surface area contributed by atoms with Gasteiger partial charge in [-0.05, 0) is 64.2 Å². The molecule has 2 aliphatic rings. The van der Waals surface area contributed by atoms with Crippen LogP contribution >= 0.6 is 0 Å². The SMILES string of the molecule is NC(=O)CC1CCN(CCC2CCCCN2)CC1. The molecule has 0 aromatic carbocycles. The fourth-order valence-electron chi connectivity index (χ4n) is 3.21. The minimum absolute atomic E-state index is 0.139. The molecule has 4 nitrogen and oxygen atoms in total. The third-order valence-corrected chi connectivity index (χ3v) is 4.40. The van der Waals surface area contributed by atoms with Gasteiger partial charge in [0.15, 0.2) is 0 Å². The first kappa shape index (κ1) is 13.8. The van der Waals surface area contributed by atoms with Crippen LogP contribution in [0.2, 0.25) is 0 Å². The van der Waals surface area contributed by atoms with Gasteiger partial charge in [0.25, 0.3) is 0 Å². The van der Waals surface area contributed by atoms with E-state index in [4.69, 9.17) is 5.73 Å². The molecule has 0 saturated carbocycles. The fraction of sp³-hybridized carbons (Fsp3) is 0.929. The quantitative estimate of drug-likeness (QED) is 0.771. The van der Waals surface area contributed by atoms with Crippen LogP contribution in [0.5, 0.6) is 0 Å². The summed E-state index contributed by atoms with van der Waals surface area (Å²) in [5.74, 6) is 0.395. The number of hydrogen-bond donors (Lipinski definition) is 2. The standard InChI is InChI=1S/C14H27N3O/c15-14(18)11-12-4-8-17(9-5-12)10-6-13-3-1-2-7-16-13/h12-13,16H,1-11H2,(H2,15,18). The number of carbonyl (C=O) groups is 1. The third-order valence-electron chi connectivity index (χ3n) is 4.40. The summed E-state index contributed by atoms with van der Waals surface area (Å²) in [5, 5.41) is 3.61. The second kappa shape index (κ2) is 7.10. The Morgan fingerprint density at radius 2 is 2.00 bits per heavy atom. The van der Waals surface area contributed by atoms with Crippen molar-refractivity contribution in [2.75, 3.05) is 26.2 Å². The Morgan fingerprint density at radius 3 is 2.61 bits per heavy atom. The van der Waals surface area contributed by atoms with Crippen LogP contribution in [0.25, 0.3) is 0 Å². The van der Waals surface area contributed by atoms with E-state index in [9.17, 15) is 4.79 Å². The van der Waals surface area contributed by atoms with Crippen molar-refractivity contribution in [3.63, 3.8) is 0 Å². The lowest BCUT2D eigenvalue weighted by molar-refractivity contribution is -0.119. The van der Waals surface area contributed by atoms with Crippen LogP contribution in [0.3, 0.4) is 0 Å². The molecule has 2 aliphatic heterocycles. The zero-order chi connectivity index (χ0) is 12.8. The summed E-state index contributed by atoms with van der Waals surface area (Å²) >= 11 is 0. The summed E-state index contributed by atoms with van der Waals surface area (Å²) < 4.78 is 0.